The Morgan fingerprint density at radius 2 is 1.78 bits per heavy atom. The number of hydrogen-bond acceptors (Lipinski definition) is 4. The van der Waals surface area contributed by atoms with Crippen molar-refractivity contribution in [3.8, 4) is 6.07 Å². The number of alkyl halides is 3. The van der Waals surface area contributed by atoms with Crippen LogP contribution in [0.25, 0.3) is 0 Å². The zero-order chi connectivity index (χ0) is 25.7. The van der Waals surface area contributed by atoms with E-state index in [1.807, 2.05) is 33.8 Å². The molecule has 2 atom stereocenters. The van der Waals surface area contributed by atoms with Crippen LogP contribution in [-0.2, 0) is 14.4 Å². The summed E-state index contributed by atoms with van der Waals surface area (Å²) in [5, 5.41) is 12.4. The lowest BCUT2D eigenvalue weighted by molar-refractivity contribution is -0.174. The third-order valence-electron chi connectivity index (χ3n) is 4.71. The Morgan fingerprint density at radius 3 is 2.09 bits per heavy atom. The fraction of sp³-hybridized carbons (Fsp3) is 0.727. The number of likely N-dealkylation sites (tertiary alicyclic amines) is 1. The van der Waals surface area contributed by atoms with Gasteiger partial charge in [0.1, 0.15) is 6.04 Å². The van der Waals surface area contributed by atoms with E-state index in [1.54, 1.807) is 18.3 Å². The molecule has 0 saturated carbocycles. The van der Waals surface area contributed by atoms with E-state index in [1.165, 1.54) is 4.90 Å². The van der Waals surface area contributed by atoms with Gasteiger partial charge in [-0.25, -0.2) is 0 Å². The Bertz CT molecular complexity index is 680. The molecule has 1 fully saturated rings. The van der Waals surface area contributed by atoms with Crippen molar-refractivity contribution in [2.45, 2.75) is 67.6 Å². The zero-order valence-electron chi connectivity index (χ0n) is 20.3. The molecular formula is C22H37F3N4O3. The lowest BCUT2D eigenvalue weighted by Gasteiger charge is -2.22. The van der Waals surface area contributed by atoms with Crippen LogP contribution in [0.4, 0.5) is 13.2 Å². The van der Waals surface area contributed by atoms with Crippen molar-refractivity contribution in [3.63, 3.8) is 0 Å². The van der Waals surface area contributed by atoms with Crippen molar-refractivity contribution in [2.75, 3.05) is 19.6 Å². The van der Waals surface area contributed by atoms with E-state index in [9.17, 15) is 27.6 Å². The number of halogens is 3. The fourth-order valence-corrected chi connectivity index (χ4v) is 2.35. The summed E-state index contributed by atoms with van der Waals surface area (Å²) in [6.45, 7) is 16.5. The van der Waals surface area contributed by atoms with Gasteiger partial charge in [0.15, 0.2) is 0 Å². The Morgan fingerprint density at radius 1 is 1.28 bits per heavy atom. The molecule has 10 heteroatoms. The van der Waals surface area contributed by atoms with Gasteiger partial charge in [0, 0.05) is 13.1 Å². The minimum absolute atomic E-state index is 0.0519. The third kappa shape index (κ3) is 13.0. The van der Waals surface area contributed by atoms with Crippen LogP contribution in [0, 0.1) is 28.6 Å². The van der Waals surface area contributed by atoms with Gasteiger partial charge in [0.05, 0.1) is 12.6 Å². The zero-order valence-corrected chi connectivity index (χ0v) is 20.3. The predicted octanol–water partition coefficient (Wildman–Crippen LogP) is 3.42. The number of nitrogens with zero attached hydrogens (tertiary/aromatic N) is 2. The second-order valence-electron chi connectivity index (χ2n) is 8.96. The fourth-order valence-electron chi connectivity index (χ4n) is 2.35. The summed E-state index contributed by atoms with van der Waals surface area (Å²) in [5.74, 6) is -1.45. The molecule has 2 N–H and O–H groups in total. The first-order valence-electron chi connectivity index (χ1n) is 10.4. The molecule has 0 aromatic heterocycles. The molecule has 7 nitrogen and oxygen atoms in total. The van der Waals surface area contributed by atoms with Gasteiger partial charge in [0.25, 0.3) is 0 Å². The summed E-state index contributed by atoms with van der Waals surface area (Å²) in [5.41, 5.74) is 0.804. The molecule has 0 aliphatic carbocycles. The second kappa shape index (κ2) is 14.5. The number of carbonyl (C=O) groups excluding carboxylic acids is 3. The summed E-state index contributed by atoms with van der Waals surface area (Å²) in [7, 11) is 0. The van der Waals surface area contributed by atoms with Crippen molar-refractivity contribution in [3.05, 3.63) is 11.6 Å². The normalized spacial score (nSPS) is 18.3. The van der Waals surface area contributed by atoms with Gasteiger partial charge >= 0.3 is 12.1 Å². The maximum atomic E-state index is 11.9. The summed E-state index contributed by atoms with van der Waals surface area (Å²) in [4.78, 5) is 33.6. The maximum absolute atomic E-state index is 11.9. The minimum Gasteiger partial charge on any atom is -0.340 e. The molecule has 32 heavy (non-hydrogen) atoms. The van der Waals surface area contributed by atoms with Crippen LogP contribution < -0.4 is 10.6 Å². The average Bonchev–Trinajstić information content (AvgIpc) is 2.95. The largest absolute Gasteiger partial charge is 0.471 e. The highest BCUT2D eigenvalue weighted by Crippen LogP contribution is 2.34. The quantitative estimate of drug-likeness (QED) is 0.483. The Balaban J connectivity index is 0. The smallest absolute Gasteiger partial charge is 0.340 e. The van der Waals surface area contributed by atoms with Gasteiger partial charge in [-0.3, -0.25) is 14.4 Å². The average molecular weight is 463 g/mol. The monoisotopic (exact) mass is 462 g/mol. The van der Waals surface area contributed by atoms with Gasteiger partial charge in [0.2, 0.25) is 12.3 Å². The molecule has 1 heterocycles. The van der Waals surface area contributed by atoms with Crippen molar-refractivity contribution >= 4 is 18.2 Å². The highest BCUT2D eigenvalue weighted by atomic mass is 19.4. The van der Waals surface area contributed by atoms with E-state index in [0.29, 0.717) is 19.5 Å². The molecule has 0 spiro atoms. The van der Waals surface area contributed by atoms with Crippen LogP contribution in [0.15, 0.2) is 11.6 Å². The molecule has 0 bridgehead atoms. The molecule has 3 amide bonds. The van der Waals surface area contributed by atoms with Crippen LogP contribution in [0.1, 0.15) is 55.4 Å². The van der Waals surface area contributed by atoms with E-state index in [-0.39, 0.29) is 11.3 Å². The molecular weight excluding hydrogens is 425 g/mol. The van der Waals surface area contributed by atoms with E-state index in [4.69, 9.17) is 5.26 Å². The number of nitrogens with one attached hydrogen (secondary N) is 2. The SMILES string of the molecule is C/C=C(\C)C(C#N)NC=O.CC(C)C.C[C@H]1CN(C(=O)CNC(=O)C(F)(F)F)CC1(C)C. The Labute approximate surface area is 189 Å². The summed E-state index contributed by atoms with van der Waals surface area (Å²) < 4.78 is 35.8. The van der Waals surface area contributed by atoms with E-state index in [2.05, 4.69) is 26.1 Å². The third-order valence-corrected chi connectivity index (χ3v) is 4.71. The summed E-state index contributed by atoms with van der Waals surface area (Å²) in [6, 6.07) is 1.47. The molecule has 1 aliphatic heterocycles. The first-order chi connectivity index (χ1) is 14.5. The first-order valence-corrected chi connectivity index (χ1v) is 10.4. The first kappa shape index (κ1) is 31.6. The minimum atomic E-state index is -4.95. The second-order valence-corrected chi connectivity index (χ2v) is 8.96. The summed E-state index contributed by atoms with van der Waals surface area (Å²) >= 11 is 0. The molecule has 1 rings (SSSR count). The van der Waals surface area contributed by atoms with Gasteiger partial charge in [-0.1, -0.05) is 47.6 Å². The van der Waals surface area contributed by atoms with E-state index >= 15 is 0 Å². The maximum Gasteiger partial charge on any atom is 0.471 e. The van der Waals surface area contributed by atoms with Crippen LogP contribution in [-0.4, -0.2) is 55.0 Å². The highest BCUT2D eigenvalue weighted by molar-refractivity contribution is 5.87. The number of nitriles is 1. The van der Waals surface area contributed by atoms with Crippen LogP contribution in [0.5, 0.6) is 0 Å². The van der Waals surface area contributed by atoms with Crippen LogP contribution in [0.3, 0.4) is 0 Å². The molecule has 1 unspecified atom stereocenters. The molecule has 1 aliphatic rings. The topological polar surface area (TPSA) is 102 Å². The standard InChI is InChI=1S/C11H17F3N2O2.C7H10N2O.C4H10/c1-7-5-16(6-10(7,2)3)8(17)4-15-9(18)11(12,13)14;1-3-6(2)7(4-8)9-5-10;1-4(2)3/h7H,4-6H2,1-3H3,(H,15,18);3,5,7H,1-2H3,(H,9,10);4H,1-3H3/b;6-3+;/t7-;;/m0../s1. The van der Waals surface area contributed by atoms with E-state index in [0.717, 1.165) is 11.5 Å². The summed E-state index contributed by atoms with van der Waals surface area (Å²) in [6.07, 6.45) is -2.62. The number of hydrogen-bond donors (Lipinski definition) is 2. The van der Waals surface area contributed by atoms with Gasteiger partial charge in [-0.05, 0) is 36.7 Å². The van der Waals surface area contributed by atoms with Crippen molar-refractivity contribution in [1.29, 1.82) is 5.26 Å². The predicted molar refractivity (Wildman–Crippen MR) is 117 cm³/mol. The number of allylic oxidation sites excluding steroid dienone is 1. The van der Waals surface area contributed by atoms with E-state index < -0.39 is 30.6 Å². The van der Waals surface area contributed by atoms with Crippen molar-refractivity contribution < 1.29 is 27.6 Å². The lowest BCUT2D eigenvalue weighted by Crippen LogP contribution is -2.44. The van der Waals surface area contributed by atoms with Crippen LogP contribution >= 0.6 is 0 Å². The van der Waals surface area contributed by atoms with Gasteiger partial charge < -0.3 is 15.5 Å². The Hall–Kier alpha value is -2.57. The van der Waals surface area contributed by atoms with Crippen molar-refractivity contribution in [2.24, 2.45) is 17.3 Å². The number of amides is 3. The highest BCUT2D eigenvalue weighted by Gasteiger charge is 2.41. The molecule has 0 aromatic carbocycles. The number of rotatable bonds is 5. The van der Waals surface area contributed by atoms with Crippen molar-refractivity contribution in [1.82, 2.24) is 15.5 Å². The van der Waals surface area contributed by atoms with Crippen LogP contribution in [0.2, 0.25) is 0 Å². The number of carbonyl (C=O) groups is 3. The van der Waals surface area contributed by atoms with Gasteiger partial charge in [-0.15, -0.1) is 0 Å². The lowest BCUT2D eigenvalue weighted by atomic mass is 9.84. The molecule has 0 aromatic rings. The Kier molecular flexibility index (Phi) is 14.3. The van der Waals surface area contributed by atoms with Gasteiger partial charge in [-0.2, -0.15) is 18.4 Å². The molecule has 0 radical (unpaired) electrons. The molecule has 1 saturated heterocycles. The molecule has 184 valence electrons.